The quantitative estimate of drug-likeness (QED) is 0.839. The second kappa shape index (κ2) is 4.84. The molecule has 1 saturated carbocycles. The lowest BCUT2D eigenvalue weighted by atomic mass is 10.1. The van der Waals surface area contributed by atoms with Crippen molar-refractivity contribution in [3.05, 3.63) is 30.5 Å². The number of hydrogen-bond donors (Lipinski definition) is 1. The molecule has 3 rings (SSSR count). The number of hydrogen-bond acceptors (Lipinski definition) is 3. The van der Waals surface area contributed by atoms with E-state index in [4.69, 9.17) is 10.5 Å². The first-order chi connectivity index (χ1) is 8.84. The molecule has 1 aromatic carbocycles. The lowest BCUT2D eigenvalue weighted by Crippen LogP contribution is -2.09. The van der Waals surface area contributed by atoms with Gasteiger partial charge in [0.15, 0.2) is 0 Å². The van der Waals surface area contributed by atoms with Crippen LogP contribution >= 0.6 is 0 Å². The lowest BCUT2D eigenvalue weighted by molar-refractivity contribution is 0.253. The minimum atomic E-state index is 0.703. The molecule has 2 aromatic rings. The molecule has 0 bridgehead atoms. The van der Waals surface area contributed by atoms with Crippen LogP contribution in [0.4, 0.5) is 5.69 Å². The molecule has 3 nitrogen and oxygen atoms in total. The van der Waals surface area contributed by atoms with Crippen LogP contribution in [-0.2, 0) is 0 Å². The van der Waals surface area contributed by atoms with E-state index in [1.807, 2.05) is 24.3 Å². The first-order valence-electron chi connectivity index (χ1n) is 6.60. The summed E-state index contributed by atoms with van der Waals surface area (Å²) in [5.74, 6) is 1.50. The van der Waals surface area contributed by atoms with Crippen molar-refractivity contribution in [1.82, 2.24) is 4.98 Å². The van der Waals surface area contributed by atoms with E-state index in [9.17, 15) is 0 Å². The van der Waals surface area contributed by atoms with Gasteiger partial charge in [-0.2, -0.15) is 0 Å². The molecule has 0 spiro atoms. The molecule has 0 amide bonds. The Morgan fingerprint density at radius 3 is 2.89 bits per heavy atom. The summed E-state index contributed by atoms with van der Waals surface area (Å²) in [6.45, 7) is 0.788. The maximum absolute atomic E-state index is 6.14. The maximum atomic E-state index is 6.14. The maximum Gasteiger partial charge on any atom is 0.142 e. The van der Waals surface area contributed by atoms with E-state index in [1.54, 1.807) is 6.20 Å². The van der Waals surface area contributed by atoms with Gasteiger partial charge in [0.25, 0.3) is 0 Å². The molecule has 1 aromatic heterocycles. The monoisotopic (exact) mass is 242 g/mol. The topological polar surface area (TPSA) is 48.1 Å². The van der Waals surface area contributed by atoms with Crippen molar-refractivity contribution in [3.8, 4) is 5.75 Å². The van der Waals surface area contributed by atoms with Gasteiger partial charge in [0.2, 0.25) is 0 Å². The molecule has 0 saturated heterocycles. The van der Waals surface area contributed by atoms with Crippen LogP contribution in [0.3, 0.4) is 0 Å². The number of nitrogens with two attached hydrogens (primary N) is 1. The molecule has 18 heavy (non-hydrogen) atoms. The Kier molecular flexibility index (Phi) is 3.05. The normalized spacial score (nSPS) is 16.2. The Morgan fingerprint density at radius 2 is 2.06 bits per heavy atom. The zero-order valence-corrected chi connectivity index (χ0v) is 10.4. The van der Waals surface area contributed by atoms with Gasteiger partial charge >= 0.3 is 0 Å². The number of aromatic nitrogens is 1. The summed E-state index contributed by atoms with van der Waals surface area (Å²) in [4.78, 5) is 4.29. The highest BCUT2D eigenvalue weighted by Crippen LogP contribution is 2.31. The summed E-state index contributed by atoms with van der Waals surface area (Å²) >= 11 is 0. The summed E-state index contributed by atoms with van der Waals surface area (Å²) in [7, 11) is 0. The third-order valence-electron chi connectivity index (χ3n) is 3.74. The number of rotatable bonds is 3. The van der Waals surface area contributed by atoms with Gasteiger partial charge in [-0.05, 0) is 43.0 Å². The predicted octanol–water partition coefficient (Wildman–Crippen LogP) is 3.39. The predicted molar refractivity (Wildman–Crippen MR) is 73.6 cm³/mol. The van der Waals surface area contributed by atoms with Gasteiger partial charge in [-0.1, -0.05) is 12.8 Å². The zero-order chi connectivity index (χ0) is 12.4. The Morgan fingerprint density at radius 1 is 1.22 bits per heavy atom. The summed E-state index contributed by atoms with van der Waals surface area (Å²) in [6.07, 6.45) is 7.03. The molecule has 1 heterocycles. The first kappa shape index (κ1) is 11.3. The van der Waals surface area contributed by atoms with E-state index in [2.05, 4.69) is 4.98 Å². The molecular weight excluding hydrogens is 224 g/mol. The minimum Gasteiger partial charge on any atom is -0.491 e. The average Bonchev–Trinajstić information content (AvgIpc) is 2.91. The van der Waals surface area contributed by atoms with Crippen LogP contribution in [0.5, 0.6) is 5.75 Å². The molecule has 1 aliphatic rings. The Labute approximate surface area is 107 Å². The molecular formula is C15H18N2O. The average molecular weight is 242 g/mol. The number of nitrogens with zero attached hydrogens (tertiary/aromatic N) is 1. The van der Waals surface area contributed by atoms with Gasteiger partial charge in [0, 0.05) is 11.6 Å². The van der Waals surface area contributed by atoms with Gasteiger partial charge in [-0.25, -0.2) is 0 Å². The molecule has 1 fully saturated rings. The van der Waals surface area contributed by atoms with Crippen molar-refractivity contribution in [2.75, 3.05) is 12.3 Å². The van der Waals surface area contributed by atoms with E-state index < -0.39 is 0 Å². The van der Waals surface area contributed by atoms with Crippen molar-refractivity contribution in [2.45, 2.75) is 25.7 Å². The van der Waals surface area contributed by atoms with Crippen LogP contribution in [0.2, 0.25) is 0 Å². The van der Waals surface area contributed by atoms with Crippen molar-refractivity contribution >= 4 is 16.6 Å². The van der Waals surface area contributed by atoms with Crippen molar-refractivity contribution < 1.29 is 4.74 Å². The highest BCUT2D eigenvalue weighted by atomic mass is 16.5. The second-order valence-corrected chi connectivity index (χ2v) is 5.01. The Balaban J connectivity index is 1.81. The van der Waals surface area contributed by atoms with Crippen molar-refractivity contribution in [2.24, 2.45) is 5.92 Å². The Bertz CT molecular complexity index is 547. The summed E-state index contributed by atoms with van der Waals surface area (Å²) < 4.78 is 5.88. The van der Waals surface area contributed by atoms with E-state index in [0.717, 1.165) is 23.3 Å². The van der Waals surface area contributed by atoms with Crippen LogP contribution in [0, 0.1) is 5.92 Å². The minimum absolute atomic E-state index is 0.703. The smallest absolute Gasteiger partial charge is 0.142 e. The van der Waals surface area contributed by atoms with E-state index in [-0.39, 0.29) is 0 Å². The fraction of sp³-hybridized carbons (Fsp3) is 0.400. The van der Waals surface area contributed by atoms with Crippen LogP contribution in [0.15, 0.2) is 30.5 Å². The third kappa shape index (κ3) is 2.13. The van der Waals surface area contributed by atoms with E-state index in [0.29, 0.717) is 11.6 Å². The van der Waals surface area contributed by atoms with Crippen molar-refractivity contribution in [1.29, 1.82) is 0 Å². The molecule has 0 radical (unpaired) electrons. The highest BCUT2D eigenvalue weighted by molar-refractivity contribution is 5.93. The lowest BCUT2D eigenvalue weighted by Gasteiger charge is -2.14. The number of benzene rings is 1. The second-order valence-electron chi connectivity index (χ2n) is 5.01. The van der Waals surface area contributed by atoms with Gasteiger partial charge < -0.3 is 10.5 Å². The molecule has 1 aliphatic carbocycles. The van der Waals surface area contributed by atoms with Gasteiger partial charge in [-0.15, -0.1) is 0 Å². The van der Waals surface area contributed by atoms with Crippen LogP contribution in [-0.4, -0.2) is 11.6 Å². The molecule has 0 atom stereocenters. The summed E-state index contributed by atoms with van der Waals surface area (Å²) in [5, 5.41) is 0.974. The number of ether oxygens (including phenoxy) is 1. The van der Waals surface area contributed by atoms with E-state index >= 15 is 0 Å². The standard InChI is InChI=1S/C15H18N2O/c16-15-12-6-3-9-17-13(12)7-8-14(15)18-10-11-4-1-2-5-11/h3,6-9,11H,1-2,4-5,10,16H2. The summed E-state index contributed by atoms with van der Waals surface area (Å²) in [5.41, 5.74) is 7.77. The third-order valence-corrected chi connectivity index (χ3v) is 3.74. The highest BCUT2D eigenvalue weighted by Gasteiger charge is 2.16. The van der Waals surface area contributed by atoms with Crippen LogP contribution in [0.1, 0.15) is 25.7 Å². The Hall–Kier alpha value is -1.77. The SMILES string of the molecule is Nc1c(OCC2CCCC2)ccc2ncccc12. The van der Waals surface area contributed by atoms with Crippen molar-refractivity contribution in [3.63, 3.8) is 0 Å². The zero-order valence-electron chi connectivity index (χ0n) is 10.4. The molecule has 94 valence electrons. The fourth-order valence-electron chi connectivity index (χ4n) is 2.67. The molecule has 0 aliphatic heterocycles. The van der Waals surface area contributed by atoms with Gasteiger partial charge in [-0.3, -0.25) is 4.98 Å². The summed E-state index contributed by atoms with van der Waals surface area (Å²) in [6, 6.07) is 7.79. The van der Waals surface area contributed by atoms with Gasteiger partial charge in [0.05, 0.1) is 17.8 Å². The number of fused-ring (bicyclic) bond motifs is 1. The molecule has 2 N–H and O–H groups in total. The fourth-order valence-corrected chi connectivity index (χ4v) is 2.67. The molecule has 3 heteroatoms. The molecule has 0 unspecified atom stereocenters. The van der Waals surface area contributed by atoms with Crippen LogP contribution < -0.4 is 10.5 Å². The van der Waals surface area contributed by atoms with Gasteiger partial charge in [0.1, 0.15) is 5.75 Å². The number of anilines is 1. The van der Waals surface area contributed by atoms with E-state index in [1.165, 1.54) is 25.7 Å². The van der Waals surface area contributed by atoms with Crippen LogP contribution in [0.25, 0.3) is 10.9 Å². The first-order valence-corrected chi connectivity index (χ1v) is 6.60. The number of pyridine rings is 1. The number of nitrogen functional groups attached to an aromatic ring is 1. The largest absolute Gasteiger partial charge is 0.491 e.